The molecule has 5 rings (SSSR count). The minimum absolute atomic E-state index is 0.131. The molecule has 0 bridgehead atoms. The van der Waals surface area contributed by atoms with Crippen molar-refractivity contribution >= 4 is 5.91 Å². The molecular weight excluding hydrogens is 380 g/mol. The van der Waals surface area contributed by atoms with Crippen LogP contribution in [0.2, 0.25) is 0 Å². The Hall–Kier alpha value is -3.44. The molecule has 1 N–H and O–H groups in total. The maximum absolute atomic E-state index is 12.7. The van der Waals surface area contributed by atoms with Crippen LogP contribution in [0.15, 0.2) is 41.3 Å². The number of carbonyl (C=O) groups excluding carboxylic acids is 1. The van der Waals surface area contributed by atoms with E-state index in [4.69, 9.17) is 4.42 Å². The number of aromatic nitrogens is 3. The second kappa shape index (κ2) is 7.43. The maximum atomic E-state index is 12.7. The summed E-state index contributed by atoms with van der Waals surface area (Å²) < 4.78 is 7.21. The van der Waals surface area contributed by atoms with Gasteiger partial charge in [-0.25, -0.2) is 9.67 Å². The van der Waals surface area contributed by atoms with Crippen molar-refractivity contribution in [2.45, 2.75) is 31.7 Å². The van der Waals surface area contributed by atoms with Gasteiger partial charge in [-0.3, -0.25) is 4.79 Å². The second-order valence-electron chi connectivity index (χ2n) is 7.98. The SMILES string of the molecule is C[C@H]1CN(C(=O)c2coc(-c3cnn(-c4ccc(C5CC5)cc4C#N)c3)n2)CCN1. The molecule has 2 aromatic heterocycles. The lowest BCUT2D eigenvalue weighted by Gasteiger charge is -2.31. The fourth-order valence-electron chi connectivity index (χ4n) is 3.86. The molecule has 1 aliphatic heterocycles. The molecule has 1 atom stereocenters. The first-order chi connectivity index (χ1) is 14.6. The van der Waals surface area contributed by atoms with Crippen LogP contribution in [0.25, 0.3) is 17.1 Å². The average Bonchev–Trinajstić information content (AvgIpc) is 3.30. The molecular formula is C22H22N6O2. The Kier molecular flexibility index (Phi) is 4.60. The molecule has 152 valence electrons. The van der Waals surface area contributed by atoms with Crippen molar-refractivity contribution < 1.29 is 9.21 Å². The molecule has 1 saturated heterocycles. The summed E-state index contributed by atoms with van der Waals surface area (Å²) in [6.07, 6.45) is 7.16. The number of benzene rings is 1. The first-order valence-electron chi connectivity index (χ1n) is 10.2. The lowest BCUT2D eigenvalue weighted by molar-refractivity contribution is 0.0703. The number of amides is 1. The first-order valence-corrected chi connectivity index (χ1v) is 10.2. The van der Waals surface area contributed by atoms with E-state index in [1.54, 1.807) is 22.0 Å². The molecule has 0 unspecified atom stereocenters. The van der Waals surface area contributed by atoms with Crippen LogP contribution in [0.4, 0.5) is 0 Å². The summed E-state index contributed by atoms with van der Waals surface area (Å²) in [5.41, 5.74) is 3.45. The zero-order valence-electron chi connectivity index (χ0n) is 16.7. The minimum atomic E-state index is -0.131. The normalized spacial score (nSPS) is 18.9. The summed E-state index contributed by atoms with van der Waals surface area (Å²) in [7, 11) is 0. The number of carbonyl (C=O) groups is 1. The summed E-state index contributed by atoms with van der Waals surface area (Å²) in [4.78, 5) is 18.9. The van der Waals surface area contributed by atoms with Crippen molar-refractivity contribution in [1.82, 2.24) is 25.0 Å². The predicted octanol–water partition coefficient (Wildman–Crippen LogP) is 2.71. The van der Waals surface area contributed by atoms with Crippen LogP contribution in [-0.4, -0.2) is 51.2 Å². The van der Waals surface area contributed by atoms with Gasteiger partial charge in [0.25, 0.3) is 5.91 Å². The third-order valence-electron chi connectivity index (χ3n) is 5.65. The van der Waals surface area contributed by atoms with Crippen molar-refractivity contribution in [2.24, 2.45) is 0 Å². The van der Waals surface area contributed by atoms with E-state index in [0.29, 0.717) is 47.4 Å². The second-order valence-corrected chi connectivity index (χ2v) is 7.98. The van der Waals surface area contributed by atoms with Gasteiger partial charge in [-0.2, -0.15) is 10.4 Å². The summed E-state index contributed by atoms with van der Waals surface area (Å²) in [5, 5.41) is 17.3. The Morgan fingerprint density at radius 1 is 1.37 bits per heavy atom. The van der Waals surface area contributed by atoms with E-state index in [0.717, 1.165) is 6.54 Å². The highest BCUT2D eigenvalue weighted by Crippen LogP contribution is 2.40. The lowest BCUT2D eigenvalue weighted by Crippen LogP contribution is -2.51. The van der Waals surface area contributed by atoms with E-state index in [2.05, 4.69) is 34.5 Å². The van der Waals surface area contributed by atoms with E-state index in [1.165, 1.54) is 24.7 Å². The van der Waals surface area contributed by atoms with Crippen LogP contribution < -0.4 is 5.32 Å². The third kappa shape index (κ3) is 3.48. The Morgan fingerprint density at radius 2 is 2.23 bits per heavy atom. The first kappa shape index (κ1) is 18.6. The molecule has 2 aliphatic rings. The zero-order chi connectivity index (χ0) is 20.7. The van der Waals surface area contributed by atoms with Gasteiger partial charge in [0, 0.05) is 31.9 Å². The molecule has 1 saturated carbocycles. The van der Waals surface area contributed by atoms with Crippen molar-refractivity contribution in [3.63, 3.8) is 0 Å². The zero-order valence-corrected chi connectivity index (χ0v) is 16.7. The van der Waals surface area contributed by atoms with Crippen LogP contribution in [0, 0.1) is 11.3 Å². The summed E-state index contributed by atoms with van der Waals surface area (Å²) in [6.45, 7) is 4.11. The van der Waals surface area contributed by atoms with Gasteiger partial charge >= 0.3 is 0 Å². The molecule has 1 amide bonds. The van der Waals surface area contributed by atoms with Crippen LogP contribution in [0.5, 0.6) is 0 Å². The van der Waals surface area contributed by atoms with E-state index in [-0.39, 0.29) is 11.9 Å². The van der Waals surface area contributed by atoms with Gasteiger partial charge in [-0.15, -0.1) is 0 Å². The number of oxazole rings is 1. The number of nitriles is 1. The molecule has 0 radical (unpaired) electrons. The van der Waals surface area contributed by atoms with Crippen LogP contribution in [0.1, 0.15) is 47.3 Å². The molecule has 0 spiro atoms. The van der Waals surface area contributed by atoms with Gasteiger partial charge in [-0.1, -0.05) is 6.07 Å². The molecule has 8 heteroatoms. The van der Waals surface area contributed by atoms with Crippen LogP contribution >= 0.6 is 0 Å². The highest BCUT2D eigenvalue weighted by molar-refractivity contribution is 5.92. The highest BCUT2D eigenvalue weighted by atomic mass is 16.3. The summed E-state index contributed by atoms with van der Waals surface area (Å²) >= 11 is 0. The van der Waals surface area contributed by atoms with E-state index >= 15 is 0 Å². The predicted molar refractivity (Wildman–Crippen MR) is 109 cm³/mol. The van der Waals surface area contributed by atoms with Gasteiger partial charge in [0.1, 0.15) is 12.3 Å². The molecule has 30 heavy (non-hydrogen) atoms. The number of nitrogens with one attached hydrogen (secondary N) is 1. The summed E-state index contributed by atoms with van der Waals surface area (Å²) in [6, 6.07) is 8.47. The number of rotatable bonds is 4. The third-order valence-corrected chi connectivity index (χ3v) is 5.65. The minimum Gasteiger partial charge on any atom is -0.444 e. The lowest BCUT2D eigenvalue weighted by atomic mass is 10.1. The fraction of sp³-hybridized carbons (Fsp3) is 0.364. The van der Waals surface area contributed by atoms with Crippen molar-refractivity contribution in [2.75, 3.05) is 19.6 Å². The van der Waals surface area contributed by atoms with Crippen LogP contribution in [-0.2, 0) is 0 Å². The van der Waals surface area contributed by atoms with E-state index in [1.807, 2.05) is 12.1 Å². The van der Waals surface area contributed by atoms with Gasteiger partial charge in [0.05, 0.1) is 23.0 Å². The topological polar surface area (TPSA) is 100.0 Å². The fourth-order valence-corrected chi connectivity index (χ4v) is 3.86. The maximum Gasteiger partial charge on any atom is 0.275 e. The van der Waals surface area contributed by atoms with Gasteiger partial charge in [0.2, 0.25) is 5.89 Å². The number of hydrogen-bond acceptors (Lipinski definition) is 6. The Balaban J connectivity index is 1.37. The molecule has 1 aliphatic carbocycles. The molecule has 3 aromatic rings. The molecule has 3 heterocycles. The quantitative estimate of drug-likeness (QED) is 0.720. The van der Waals surface area contributed by atoms with E-state index in [9.17, 15) is 10.1 Å². The monoisotopic (exact) mass is 402 g/mol. The molecule has 1 aromatic carbocycles. The number of hydrogen-bond donors (Lipinski definition) is 1. The average molecular weight is 402 g/mol. The van der Waals surface area contributed by atoms with Gasteiger partial charge in [0.15, 0.2) is 5.69 Å². The largest absolute Gasteiger partial charge is 0.444 e. The Bertz CT molecular complexity index is 1140. The summed E-state index contributed by atoms with van der Waals surface area (Å²) in [5.74, 6) is 0.787. The highest BCUT2D eigenvalue weighted by Gasteiger charge is 2.26. The number of piperazine rings is 1. The molecule has 2 fully saturated rings. The van der Waals surface area contributed by atoms with E-state index < -0.39 is 0 Å². The Labute approximate surface area is 174 Å². The standard InChI is InChI=1S/C22H22N6O2/c1-14-11-27(7-6-24-14)22(29)19-13-30-21(26-19)18-10-25-28(12-18)20-5-4-16(15-2-3-15)8-17(20)9-23/h4-5,8,10,12-15,24H,2-3,6-7,11H2,1H3/t14-/m0/s1. The Morgan fingerprint density at radius 3 is 3.00 bits per heavy atom. The molecule has 8 nitrogen and oxygen atoms in total. The van der Waals surface area contributed by atoms with Crippen molar-refractivity contribution in [3.8, 4) is 23.2 Å². The van der Waals surface area contributed by atoms with Crippen molar-refractivity contribution in [1.29, 1.82) is 5.26 Å². The van der Waals surface area contributed by atoms with Gasteiger partial charge < -0.3 is 14.6 Å². The smallest absolute Gasteiger partial charge is 0.275 e. The number of nitrogens with zero attached hydrogens (tertiary/aromatic N) is 5. The van der Waals surface area contributed by atoms with Crippen molar-refractivity contribution in [3.05, 3.63) is 53.7 Å². The van der Waals surface area contributed by atoms with Gasteiger partial charge in [-0.05, 0) is 43.4 Å². The van der Waals surface area contributed by atoms with Crippen LogP contribution in [0.3, 0.4) is 0 Å².